The van der Waals surface area contributed by atoms with Crippen LogP contribution in [-0.2, 0) is 0 Å². The summed E-state index contributed by atoms with van der Waals surface area (Å²) in [4.78, 5) is 0. The monoisotopic (exact) mass is 267 g/mol. The van der Waals surface area contributed by atoms with Gasteiger partial charge in [0.1, 0.15) is 5.75 Å². The van der Waals surface area contributed by atoms with Gasteiger partial charge in [0, 0.05) is 17.5 Å². The largest absolute Gasteiger partial charge is 0.493 e. The minimum atomic E-state index is -0.0140. The highest BCUT2D eigenvalue weighted by Crippen LogP contribution is 2.40. The van der Waals surface area contributed by atoms with Crippen molar-refractivity contribution in [2.24, 2.45) is 5.73 Å². The molecule has 2 aromatic carbocycles. The van der Waals surface area contributed by atoms with Crippen LogP contribution in [-0.4, -0.2) is 6.61 Å². The molecule has 0 aromatic heterocycles. The molecule has 1 aliphatic heterocycles. The zero-order valence-corrected chi connectivity index (χ0v) is 12.0. The third kappa shape index (κ3) is 2.32. The Kier molecular flexibility index (Phi) is 3.49. The van der Waals surface area contributed by atoms with E-state index in [0.29, 0.717) is 12.5 Å². The normalized spacial score (nSPS) is 18.7. The van der Waals surface area contributed by atoms with Crippen molar-refractivity contribution in [1.82, 2.24) is 0 Å². The van der Waals surface area contributed by atoms with Crippen LogP contribution in [0.15, 0.2) is 48.5 Å². The number of para-hydroxylation sites is 1. The molecule has 0 saturated carbocycles. The third-order valence-corrected chi connectivity index (χ3v) is 4.16. The lowest BCUT2D eigenvalue weighted by atomic mass is 9.88. The van der Waals surface area contributed by atoms with E-state index in [9.17, 15) is 0 Å². The lowest BCUT2D eigenvalue weighted by Gasteiger charge is -2.19. The third-order valence-electron chi connectivity index (χ3n) is 4.16. The number of ether oxygens (including phenoxy) is 1. The highest BCUT2D eigenvalue weighted by Gasteiger charge is 2.29. The van der Waals surface area contributed by atoms with Crippen LogP contribution in [0.5, 0.6) is 5.75 Å². The summed E-state index contributed by atoms with van der Waals surface area (Å²) in [5.74, 6) is 1.78. The predicted octanol–water partition coefficient (Wildman–Crippen LogP) is 3.99. The zero-order valence-electron chi connectivity index (χ0n) is 12.0. The first kappa shape index (κ1) is 13.2. The minimum Gasteiger partial charge on any atom is -0.493 e. The molecule has 104 valence electrons. The fourth-order valence-electron chi connectivity index (χ4n) is 2.82. The lowest BCUT2D eigenvalue weighted by Crippen LogP contribution is -2.21. The Morgan fingerprint density at radius 3 is 2.35 bits per heavy atom. The van der Waals surface area contributed by atoms with Crippen molar-refractivity contribution in [2.45, 2.75) is 31.7 Å². The smallest absolute Gasteiger partial charge is 0.122 e. The Balaban J connectivity index is 1.85. The van der Waals surface area contributed by atoms with Crippen LogP contribution in [0.3, 0.4) is 0 Å². The molecule has 0 saturated heterocycles. The van der Waals surface area contributed by atoms with Crippen LogP contribution < -0.4 is 10.5 Å². The first-order valence-electron chi connectivity index (χ1n) is 7.24. The van der Waals surface area contributed by atoms with Crippen molar-refractivity contribution in [3.8, 4) is 5.75 Å². The van der Waals surface area contributed by atoms with E-state index in [1.807, 2.05) is 12.1 Å². The Bertz CT molecular complexity index is 589. The molecule has 2 atom stereocenters. The Morgan fingerprint density at radius 2 is 1.65 bits per heavy atom. The van der Waals surface area contributed by atoms with Crippen LogP contribution in [0.4, 0.5) is 0 Å². The van der Waals surface area contributed by atoms with Crippen LogP contribution >= 0.6 is 0 Å². The summed E-state index contributed by atoms with van der Waals surface area (Å²) in [6.07, 6.45) is 0. The van der Waals surface area contributed by atoms with Gasteiger partial charge >= 0.3 is 0 Å². The molecule has 20 heavy (non-hydrogen) atoms. The highest BCUT2D eigenvalue weighted by molar-refractivity contribution is 5.42. The van der Waals surface area contributed by atoms with Crippen molar-refractivity contribution in [3.63, 3.8) is 0 Å². The maximum atomic E-state index is 6.46. The molecule has 0 spiro atoms. The molecule has 1 aliphatic rings. The molecule has 2 heteroatoms. The van der Waals surface area contributed by atoms with Crippen molar-refractivity contribution in [3.05, 3.63) is 65.2 Å². The average molecular weight is 267 g/mol. The molecule has 3 rings (SSSR count). The zero-order chi connectivity index (χ0) is 14.1. The maximum Gasteiger partial charge on any atom is 0.122 e. The number of fused-ring (bicyclic) bond motifs is 1. The van der Waals surface area contributed by atoms with Crippen molar-refractivity contribution >= 4 is 0 Å². The quantitative estimate of drug-likeness (QED) is 0.912. The number of rotatable bonds is 3. The van der Waals surface area contributed by atoms with Gasteiger partial charge in [-0.15, -0.1) is 0 Å². The standard InChI is InChI=1S/C18H21NO/c1-12(2)13-7-9-14(10-8-13)18(19)16-11-20-17-6-4-3-5-15(16)17/h3-10,12,16,18H,11,19H2,1-2H3. The fraction of sp³-hybridized carbons (Fsp3) is 0.333. The number of hydrogen-bond donors (Lipinski definition) is 1. The molecule has 0 radical (unpaired) electrons. The molecule has 1 heterocycles. The fourth-order valence-corrected chi connectivity index (χ4v) is 2.82. The van der Waals surface area contributed by atoms with E-state index in [4.69, 9.17) is 10.5 Å². The van der Waals surface area contributed by atoms with Crippen molar-refractivity contribution in [1.29, 1.82) is 0 Å². The van der Waals surface area contributed by atoms with Gasteiger partial charge in [-0.05, 0) is 23.1 Å². The molecule has 2 aromatic rings. The topological polar surface area (TPSA) is 35.2 Å². The molecular weight excluding hydrogens is 246 g/mol. The molecule has 0 aliphatic carbocycles. The van der Waals surface area contributed by atoms with Gasteiger partial charge in [-0.2, -0.15) is 0 Å². The molecule has 2 nitrogen and oxygen atoms in total. The van der Waals surface area contributed by atoms with Gasteiger partial charge in [-0.25, -0.2) is 0 Å². The van der Waals surface area contributed by atoms with Crippen LogP contribution in [0.1, 0.15) is 48.4 Å². The molecule has 2 unspecified atom stereocenters. The number of benzene rings is 2. The second-order valence-electron chi connectivity index (χ2n) is 5.80. The first-order valence-corrected chi connectivity index (χ1v) is 7.24. The van der Waals surface area contributed by atoms with E-state index in [2.05, 4.69) is 50.2 Å². The summed E-state index contributed by atoms with van der Waals surface area (Å²) < 4.78 is 5.74. The van der Waals surface area contributed by atoms with Gasteiger partial charge in [0.2, 0.25) is 0 Å². The minimum absolute atomic E-state index is 0.0140. The Hall–Kier alpha value is -1.80. The lowest BCUT2D eigenvalue weighted by molar-refractivity contribution is 0.315. The van der Waals surface area contributed by atoms with Gasteiger partial charge in [0.05, 0.1) is 6.61 Å². The summed E-state index contributed by atoms with van der Waals surface area (Å²) in [7, 11) is 0. The van der Waals surface area contributed by atoms with Gasteiger partial charge < -0.3 is 10.5 Å². The average Bonchev–Trinajstić information content (AvgIpc) is 2.90. The summed E-state index contributed by atoms with van der Waals surface area (Å²) in [5, 5.41) is 0. The molecular formula is C18H21NO. The summed E-state index contributed by atoms with van der Waals surface area (Å²) in [6, 6.07) is 16.9. The van der Waals surface area contributed by atoms with Gasteiger partial charge in [0.15, 0.2) is 0 Å². The Morgan fingerprint density at radius 1 is 1.00 bits per heavy atom. The van der Waals surface area contributed by atoms with Gasteiger partial charge in [0.25, 0.3) is 0 Å². The van der Waals surface area contributed by atoms with E-state index >= 15 is 0 Å². The van der Waals surface area contributed by atoms with Crippen molar-refractivity contribution in [2.75, 3.05) is 6.61 Å². The number of nitrogens with two attached hydrogens (primary N) is 1. The second kappa shape index (κ2) is 5.29. The van der Waals surface area contributed by atoms with E-state index in [-0.39, 0.29) is 12.0 Å². The van der Waals surface area contributed by atoms with E-state index in [0.717, 1.165) is 5.75 Å². The molecule has 2 N–H and O–H groups in total. The van der Waals surface area contributed by atoms with E-state index in [1.165, 1.54) is 16.7 Å². The molecule has 0 bridgehead atoms. The highest BCUT2D eigenvalue weighted by atomic mass is 16.5. The van der Waals surface area contributed by atoms with Crippen molar-refractivity contribution < 1.29 is 4.74 Å². The summed E-state index contributed by atoms with van der Waals surface area (Å²) in [5.41, 5.74) is 10.2. The summed E-state index contributed by atoms with van der Waals surface area (Å²) in [6.45, 7) is 5.08. The van der Waals surface area contributed by atoms with E-state index in [1.54, 1.807) is 0 Å². The first-order chi connectivity index (χ1) is 9.66. The maximum absolute atomic E-state index is 6.46. The predicted molar refractivity (Wildman–Crippen MR) is 82.1 cm³/mol. The molecule has 0 fully saturated rings. The Labute approximate surface area is 120 Å². The van der Waals surface area contributed by atoms with Crippen LogP contribution in [0, 0.1) is 0 Å². The van der Waals surface area contributed by atoms with Gasteiger partial charge in [-0.3, -0.25) is 0 Å². The van der Waals surface area contributed by atoms with Crippen LogP contribution in [0.25, 0.3) is 0 Å². The summed E-state index contributed by atoms with van der Waals surface area (Å²) >= 11 is 0. The second-order valence-corrected chi connectivity index (χ2v) is 5.80. The van der Waals surface area contributed by atoms with Gasteiger partial charge in [-0.1, -0.05) is 56.3 Å². The van der Waals surface area contributed by atoms with E-state index < -0.39 is 0 Å². The molecule has 0 amide bonds. The SMILES string of the molecule is CC(C)c1ccc(C(N)C2COc3ccccc32)cc1. The number of hydrogen-bond acceptors (Lipinski definition) is 2. The van der Waals surface area contributed by atoms with Crippen LogP contribution in [0.2, 0.25) is 0 Å².